The molecule has 1 N–H and O–H groups in total. The van der Waals surface area contributed by atoms with Gasteiger partial charge in [-0.2, -0.15) is 0 Å². The van der Waals surface area contributed by atoms with Crippen molar-refractivity contribution in [2.45, 2.75) is 117 Å². The Morgan fingerprint density at radius 3 is 1.65 bits per heavy atom. The van der Waals surface area contributed by atoms with Crippen molar-refractivity contribution in [3.8, 4) is 0 Å². The summed E-state index contributed by atoms with van der Waals surface area (Å²) in [5.41, 5.74) is 0.428. The van der Waals surface area contributed by atoms with E-state index in [0.29, 0.717) is 5.54 Å². The highest BCUT2D eigenvalue weighted by molar-refractivity contribution is 4.85. The SMILES string of the molecule is CCCCCCCCCC(CC)(CC)NCCCCC. The molecule has 0 aliphatic carbocycles. The zero-order chi connectivity index (χ0) is 15.1. The lowest BCUT2D eigenvalue weighted by molar-refractivity contribution is 0.268. The van der Waals surface area contributed by atoms with Gasteiger partial charge in [0.2, 0.25) is 0 Å². The second-order valence-corrected chi connectivity index (χ2v) is 6.49. The molecule has 0 bridgehead atoms. The first-order valence-electron chi connectivity index (χ1n) is 9.49. The van der Waals surface area contributed by atoms with Crippen molar-refractivity contribution in [3.63, 3.8) is 0 Å². The molecule has 0 atom stereocenters. The molecule has 0 aromatic heterocycles. The van der Waals surface area contributed by atoms with Crippen molar-refractivity contribution in [1.82, 2.24) is 5.32 Å². The Bertz CT molecular complexity index is 184. The highest BCUT2D eigenvalue weighted by Crippen LogP contribution is 2.23. The lowest BCUT2D eigenvalue weighted by Crippen LogP contribution is -2.44. The summed E-state index contributed by atoms with van der Waals surface area (Å²) in [6, 6.07) is 0. The maximum absolute atomic E-state index is 3.88. The van der Waals surface area contributed by atoms with E-state index in [1.165, 1.54) is 90.0 Å². The van der Waals surface area contributed by atoms with Crippen molar-refractivity contribution in [2.75, 3.05) is 6.54 Å². The van der Waals surface area contributed by atoms with Gasteiger partial charge in [-0.05, 0) is 32.2 Å². The molecule has 0 spiro atoms. The zero-order valence-corrected chi connectivity index (χ0v) is 14.9. The Morgan fingerprint density at radius 1 is 0.600 bits per heavy atom. The average Bonchev–Trinajstić information content (AvgIpc) is 2.49. The monoisotopic (exact) mass is 283 g/mol. The molecule has 20 heavy (non-hydrogen) atoms. The third-order valence-corrected chi connectivity index (χ3v) is 4.89. The number of nitrogens with one attached hydrogen (secondary N) is 1. The minimum Gasteiger partial charge on any atom is -0.311 e. The van der Waals surface area contributed by atoms with Crippen LogP contribution in [0.5, 0.6) is 0 Å². The number of hydrogen-bond acceptors (Lipinski definition) is 1. The van der Waals surface area contributed by atoms with Crippen LogP contribution in [-0.2, 0) is 0 Å². The van der Waals surface area contributed by atoms with Crippen LogP contribution >= 0.6 is 0 Å². The molecular formula is C19H41N. The highest BCUT2D eigenvalue weighted by Gasteiger charge is 2.23. The molecule has 122 valence electrons. The van der Waals surface area contributed by atoms with E-state index < -0.39 is 0 Å². The molecule has 0 amide bonds. The minimum absolute atomic E-state index is 0.428. The van der Waals surface area contributed by atoms with Crippen molar-refractivity contribution in [2.24, 2.45) is 0 Å². The molecule has 0 aliphatic rings. The van der Waals surface area contributed by atoms with Crippen LogP contribution in [-0.4, -0.2) is 12.1 Å². The molecule has 0 heterocycles. The lowest BCUT2D eigenvalue weighted by atomic mass is 9.86. The maximum Gasteiger partial charge on any atom is 0.0176 e. The van der Waals surface area contributed by atoms with Crippen molar-refractivity contribution >= 4 is 0 Å². The van der Waals surface area contributed by atoms with Crippen LogP contribution in [0.25, 0.3) is 0 Å². The van der Waals surface area contributed by atoms with Crippen molar-refractivity contribution < 1.29 is 0 Å². The Hall–Kier alpha value is -0.0400. The fourth-order valence-corrected chi connectivity index (χ4v) is 3.09. The van der Waals surface area contributed by atoms with Gasteiger partial charge in [0.15, 0.2) is 0 Å². The summed E-state index contributed by atoms with van der Waals surface area (Å²) in [5.74, 6) is 0. The third-order valence-electron chi connectivity index (χ3n) is 4.89. The number of rotatable bonds is 15. The Kier molecular flexibility index (Phi) is 13.9. The molecular weight excluding hydrogens is 242 g/mol. The molecule has 0 aliphatic heterocycles. The van der Waals surface area contributed by atoms with E-state index in [9.17, 15) is 0 Å². The van der Waals surface area contributed by atoms with Gasteiger partial charge < -0.3 is 5.32 Å². The zero-order valence-electron chi connectivity index (χ0n) is 14.9. The summed E-state index contributed by atoms with van der Waals surface area (Å²) in [4.78, 5) is 0. The first kappa shape index (κ1) is 20.0. The standard InChI is InChI=1S/C19H41N/c1-5-9-11-12-13-14-15-17-19(7-3,8-4)20-18-16-10-6-2/h20H,5-18H2,1-4H3. The summed E-state index contributed by atoms with van der Waals surface area (Å²) < 4.78 is 0. The predicted octanol–water partition coefficient (Wildman–Crippen LogP) is 6.47. The van der Waals surface area contributed by atoms with Crippen LogP contribution in [0.15, 0.2) is 0 Å². The van der Waals surface area contributed by atoms with E-state index in [4.69, 9.17) is 0 Å². The Morgan fingerprint density at radius 2 is 1.10 bits per heavy atom. The summed E-state index contributed by atoms with van der Waals surface area (Å²) in [6.45, 7) is 10.5. The lowest BCUT2D eigenvalue weighted by Gasteiger charge is -2.33. The van der Waals surface area contributed by atoms with E-state index >= 15 is 0 Å². The normalized spacial score (nSPS) is 12.0. The molecule has 0 aromatic carbocycles. The van der Waals surface area contributed by atoms with E-state index in [1.807, 2.05) is 0 Å². The largest absolute Gasteiger partial charge is 0.311 e. The van der Waals surface area contributed by atoms with Gasteiger partial charge in [0, 0.05) is 5.54 Å². The highest BCUT2D eigenvalue weighted by atomic mass is 15.0. The first-order valence-corrected chi connectivity index (χ1v) is 9.49. The van der Waals surface area contributed by atoms with E-state index in [-0.39, 0.29) is 0 Å². The number of unbranched alkanes of at least 4 members (excludes halogenated alkanes) is 8. The van der Waals surface area contributed by atoms with Gasteiger partial charge in [0.25, 0.3) is 0 Å². The molecule has 0 aromatic rings. The fraction of sp³-hybridized carbons (Fsp3) is 1.00. The molecule has 0 saturated heterocycles. The van der Waals surface area contributed by atoms with Crippen LogP contribution in [0, 0.1) is 0 Å². The summed E-state index contributed by atoms with van der Waals surface area (Å²) in [7, 11) is 0. The van der Waals surface area contributed by atoms with Gasteiger partial charge >= 0.3 is 0 Å². The summed E-state index contributed by atoms with van der Waals surface area (Å²) in [5, 5.41) is 3.88. The molecule has 0 saturated carbocycles. The van der Waals surface area contributed by atoms with Crippen LogP contribution < -0.4 is 5.32 Å². The molecule has 0 rings (SSSR count). The summed E-state index contributed by atoms with van der Waals surface area (Å²) in [6.07, 6.45) is 17.9. The average molecular weight is 284 g/mol. The van der Waals surface area contributed by atoms with E-state index in [0.717, 1.165) is 0 Å². The first-order chi connectivity index (χ1) is 9.74. The van der Waals surface area contributed by atoms with Gasteiger partial charge in [-0.25, -0.2) is 0 Å². The summed E-state index contributed by atoms with van der Waals surface area (Å²) >= 11 is 0. The third kappa shape index (κ3) is 9.80. The molecule has 0 fully saturated rings. The molecule has 0 unspecified atom stereocenters. The molecule has 1 heteroatoms. The van der Waals surface area contributed by atoms with Gasteiger partial charge in [0.05, 0.1) is 0 Å². The van der Waals surface area contributed by atoms with Crippen molar-refractivity contribution in [1.29, 1.82) is 0 Å². The minimum atomic E-state index is 0.428. The Balaban J connectivity index is 3.76. The Labute approximate surface area is 129 Å². The second kappa shape index (κ2) is 13.9. The second-order valence-electron chi connectivity index (χ2n) is 6.49. The van der Waals surface area contributed by atoms with E-state index in [1.54, 1.807) is 0 Å². The quantitative estimate of drug-likeness (QED) is 0.340. The number of hydrogen-bond donors (Lipinski definition) is 1. The van der Waals surface area contributed by atoms with Gasteiger partial charge in [0.1, 0.15) is 0 Å². The van der Waals surface area contributed by atoms with Crippen molar-refractivity contribution in [3.05, 3.63) is 0 Å². The molecule has 1 nitrogen and oxygen atoms in total. The van der Waals surface area contributed by atoms with Crippen LogP contribution in [0.4, 0.5) is 0 Å². The maximum atomic E-state index is 3.88. The smallest absolute Gasteiger partial charge is 0.0176 e. The molecule has 0 radical (unpaired) electrons. The van der Waals surface area contributed by atoms with Crippen LogP contribution in [0.3, 0.4) is 0 Å². The van der Waals surface area contributed by atoms with Gasteiger partial charge in [-0.3, -0.25) is 0 Å². The van der Waals surface area contributed by atoms with Crippen LogP contribution in [0.2, 0.25) is 0 Å². The fourth-order valence-electron chi connectivity index (χ4n) is 3.09. The van der Waals surface area contributed by atoms with Gasteiger partial charge in [-0.15, -0.1) is 0 Å². The topological polar surface area (TPSA) is 12.0 Å². The van der Waals surface area contributed by atoms with Crippen LogP contribution in [0.1, 0.15) is 111 Å². The van der Waals surface area contributed by atoms with E-state index in [2.05, 4.69) is 33.0 Å². The van der Waals surface area contributed by atoms with Gasteiger partial charge in [-0.1, -0.05) is 85.5 Å². The predicted molar refractivity (Wildman–Crippen MR) is 93.5 cm³/mol.